The van der Waals surface area contributed by atoms with Crippen molar-refractivity contribution in [2.45, 2.75) is 51.0 Å². The summed E-state index contributed by atoms with van der Waals surface area (Å²) in [5, 5.41) is 2.77. The van der Waals surface area contributed by atoms with Gasteiger partial charge in [0.2, 0.25) is 11.8 Å². The van der Waals surface area contributed by atoms with Crippen molar-refractivity contribution in [2.24, 2.45) is 5.92 Å². The Hall–Kier alpha value is -1.59. The summed E-state index contributed by atoms with van der Waals surface area (Å²) in [6.45, 7) is 0.812. The standard InChI is InChI=1S/C15H24N2O4/c1-21-14(19)8-9-16-15(20)11-6-7-13(18)17(10-11)12-4-2-3-5-12/h11-12H,2-10H2,1H3,(H,16,20). The molecule has 0 aromatic heterocycles. The van der Waals surface area contributed by atoms with Crippen molar-refractivity contribution in [1.82, 2.24) is 10.2 Å². The Morgan fingerprint density at radius 2 is 2.00 bits per heavy atom. The first-order valence-electron chi connectivity index (χ1n) is 7.76. The smallest absolute Gasteiger partial charge is 0.307 e. The Bertz CT molecular complexity index is 404. The third kappa shape index (κ3) is 4.19. The van der Waals surface area contributed by atoms with Gasteiger partial charge >= 0.3 is 5.97 Å². The van der Waals surface area contributed by atoms with Crippen LogP contribution in [0.4, 0.5) is 0 Å². The number of rotatable bonds is 5. The van der Waals surface area contributed by atoms with Crippen molar-refractivity contribution in [3.05, 3.63) is 0 Å². The fraction of sp³-hybridized carbons (Fsp3) is 0.800. The van der Waals surface area contributed by atoms with Crippen LogP contribution in [0.25, 0.3) is 0 Å². The van der Waals surface area contributed by atoms with Crippen LogP contribution in [0.15, 0.2) is 0 Å². The zero-order valence-corrected chi connectivity index (χ0v) is 12.6. The number of nitrogens with zero attached hydrogens (tertiary/aromatic N) is 1. The molecule has 2 rings (SSSR count). The number of hydrogen-bond acceptors (Lipinski definition) is 4. The van der Waals surface area contributed by atoms with Crippen molar-refractivity contribution < 1.29 is 19.1 Å². The maximum absolute atomic E-state index is 12.1. The highest BCUT2D eigenvalue weighted by molar-refractivity contribution is 5.84. The van der Waals surface area contributed by atoms with Crippen LogP contribution in [0.5, 0.6) is 0 Å². The third-order valence-electron chi connectivity index (χ3n) is 4.44. The summed E-state index contributed by atoms with van der Waals surface area (Å²) in [6, 6.07) is 0.322. The minimum atomic E-state index is -0.332. The average molecular weight is 296 g/mol. The highest BCUT2D eigenvalue weighted by atomic mass is 16.5. The molecule has 1 aliphatic heterocycles. The van der Waals surface area contributed by atoms with Gasteiger partial charge in [-0.3, -0.25) is 14.4 Å². The van der Waals surface area contributed by atoms with Gasteiger partial charge in [-0.25, -0.2) is 0 Å². The summed E-state index contributed by atoms with van der Waals surface area (Å²) in [4.78, 5) is 37.1. The van der Waals surface area contributed by atoms with E-state index >= 15 is 0 Å². The van der Waals surface area contributed by atoms with Gasteiger partial charge in [-0.1, -0.05) is 12.8 Å². The molecule has 1 saturated carbocycles. The van der Waals surface area contributed by atoms with E-state index in [1.54, 1.807) is 0 Å². The molecule has 0 bridgehead atoms. The van der Waals surface area contributed by atoms with Gasteiger partial charge in [0.1, 0.15) is 0 Å². The van der Waals surface area contributed by atoms with Crippen LogP contribution in [0.3, 0.4) is 0 Å². The quantitative estimate of drug-likeness (QED) is 0.763. The summed E-state index contributed by atoms with van der Waals surface area (Å²) < 4.78 is 4.53. The minimum absolute atomic E-state index is 0.0607. The highest BCUT2D eigenvalue weighted by Crippen LogP contribution is 2.28. The summed E-state index contributed by atoms with van der Waals surface area (Å²) in [6.07, 6.45) is 5.69. The van der Waals surface area contributed by atoms with Crippen LogP contribution in [0.1, 0.15) is 44.9 Å². The molecule has 1 aliphatic carbocycles. The van der Waals surface area contributed by atoms with Crippen LogP contribution in [-0.4, -0.2) is 48.9 Å². The molecule has 0 spiro atoms. The molecule has 1 heterocycles. The number of piperidine rings is 1. The van der Waals surface area contributed by atoms with E-state index in [2.05, 4.69) is 10.1 Å². The number of carbonyl (C=O) groups excluding carboxylic acids is 3. The molecule has 1 saturated heterocycles. The van der Waals surface area contributed by atoms with E-state index in [0.29, 0.717) is 32.0 Å². The second-order valence-electron chi connectivity index (χ2n) is 5.84. The summed E-state index contributed by atoms with van der Waals surface area (Å²) in [5.74, 6) is -0.363. The van der Waals surface area contributed by atoms with Crippen LogP contribution in [-0.2, 0) is 19.1 Å². The molecule has 6 heteroatoms. The van der Waals surface area contributed by atoms with E-state index in [1.807, 2.05) is 4.90 Å². The monoisotopic (exact) mass is 296 g/mol. The third-order valence-corrected chi connectivity index (χ3v) is 4.44. The zero-order valence-electron chi connectivity index (χ0n) is 12.6. The molecular formula is C15H24N2O4. The average Bonchev–Trinajstić information content (AvgIpc) is 3.01. The van der Waals surface area contributed by atoms with Crippen LogP contribution >= 0.6 is 0 Å². The Labute approximate surface area is 125 Å². The van der Waals surface area contributed by atoms with E-state index in [1.165, 1.54) is 20.0 Å². The summed E-state index contributed by atoms with van der Waals surface area (Å²) in [7, 11) is 1.33. The lowest BCUT2D eigenvalue weighted by Crippen LogP contribution is -2.49. The number of carbonyl (C=O) groups is 3. The molecule has 1 unspecified atom stereocenters. The number of ether oxygens (including phenoxy) is 1. The second-order valence-corrected chi connectivity index (χ2v) is 5.84. The van der Waals surface area contributed by atoms with Gasteiger partial charge in [0.05, 0.1) is 19.4 Å². The van der Waals surface area contributed by atoms with Gasteiger partial charge < -0.3 is 15.0 Å². The maximum atomic E-state index is 12.1. The Balaban J connectivity index is 1.81. The van der Waals surface area contributed by atoms with Crippen LogP contribution in [0.2, 0.25) is 0 Å². The van der Waals surface area contributed by atoms with Gasteiger partial charge in [-0.2, -0.15) is 0 Å². The lowest BCUT2D eigenvalue weighted by molar-refractivity contribution is -0.140. The van der Waals surface area contributed by atoms with Crippen molar-refractivity contribution in [3.63, 3.8) is 0 Å². The molecule has 2 fully saturated rings. The van der Waals surface area contributed by atoms with Crippen molar-refractivity contribution in [2.75, 3.05) is 20.2 Å². The number of hydrogen-bond donors (Lipinski definition) is 1. The van der Waals surface area contributed by atoms with Gasteiger partial charge in [-0.05, 0) is 19.3 Å². The predicted octanol–water partition coefficient (Wildman–Crippen LogP) is 0.847. The number of amides is 2. The van der Waals surface area contributed by atoms with Crippen molar-refractivity contribution in [1.29, 1.82) is 0 Å². The molecular weight excluding hydrogens is 272 g/mol. The number of nitrogens with one attached hydrogen (secondary N) is 1. The number of likely N-dealkylation sites (tertiary alicyclic amines) is 1. The molecule has 0 aromatic rings. The van der Waals surface area contributed by atoms with Crippen LogP contribution in [0, 0.1) is 5.92 Å². The molecule has 118 valence electrons. The molecule has 2 amide bonds. The zero-order chi connectivity index (χ0) is 15.2. The van der Waals surface area contributed by atoms with Crippen molar-refractivity contribution >= 4 is 17.8 Å². The van der Waals surface area contributed by atoms with Gasteiger partial charge in [0, 0.05) is 25.6 Å². The lowest BCUT2D eigenvalue weighted by Gasteiger charge is -2.36. The first-order valence-corrected chi connectivity index (χ1v) is 7.76. The summed E-state index contributed by atoms with van der Waals surface area (Å²) >= 11 is 0. The fourth-order valence-electron chi connectivity index (χ4n) is 3.19. The predicted molar refractivity (Wildman–Crippen MR) is 76.3 cm³/mol. The molecule has 6 nitrogen and oxygen atoms in total. The van der Waals surface area contributed by atoms with Crippen LogP contribution < -0.4 is 5.32 Å². The maximum Gasteiger partial charge on any atom is 0.307 e. The Kier molecular flexibility index (Phi) is 5.59. The van der Waals surface area contributed by atoms with Crippen molar-refractivity contribution in [3.8, 4) is 0 Å². The second kappa shape index (κ2) is 7.43. The normalized spacial score (nSPS) is 23.2. The number of esters is 1. The molecule has 0 aromatic carbocycles. The molecule has 1 atom stereocenters. The molecule has 2 aliphatic rings. The van der Waals surface area contributed by atoms with Gasteiger partial charge in [0.15, 0.2) is 0 Å². The lowest BCUT2D eigenvalue weighted by atomic mass is 9.95. The van der Waals surface area contributed by atoms with E-state index in [4.69, 9.17) is 0 Å². The fourth-order valence-corrected chi connectivity index (χ4v) is 3.19. The topological polar surface area (TPSA) is 75.7 Å². The Morgan fingerprint density at radius 1 is 1.29 bits per heavy atom. The van der Waals surface area contributed by atoms with Gasteiger partial charge in [0.25, 0.3) is 0 Å². The van der Waals surface area contributed by atoms with E-state index in [-0.39, 0.29) is 30.1 Å². The first-order chi connectivity index (χ1) is 10.1. The molecule has 0 radical (unpaired) electrons. The molecule has 1 N–H and O–H groups in total. The largest absolute Gasteiger partial charge is 0.469 e. The van der Waals surface area contributed by atoms with E-state index in [9.17, 15) is 14.4 Å². The first kappa shape index (κ1) is 15.8. The Morgan fingerprint density at radius 3 is 2.67 bits per heavy atom. The highest BCUT2D eigenvalue weighted by Gasteiger charge is 2.34. The summed E-state index contributed by atoms with van der Waals surface area (Å²) in [5.41, 5.74) is 0. The minimum Gasteiger partial charge on any atom is -0.469 e. The molecule has 21 heavy (non-hydrogen) atoms. The number of methoxy groups -OCH3 is 1. The van der Waals surface area contributed by atoms with E-state index in [0.717, 1.165) is 12.8 Å². The van der Waals surface area contributed by atoms with Gasteiger partial charge in [-0.15, -0.1) is 0 Å². The SMILES string of the molecule is COC(=O)CCNC(=O)C1CCC(=O)N(C2CCCC2)C1. The van der Waals surface area contributed by atoms with E-state index < -0.39 is 0 Å².